The fourth-order valence-electron chi connectivity index (χ4n) is 3.65. The summed E-state index contributed by atoms with van der Waals surface area (Å²) >= 11 is 0. The number of benzene rings is 1. The molecule has 1 aliphatic heterocycles. The standard InChI is InChI=1S/C22H32N2O5/c1-21(2,3)17(19(26)27)24-15(13-12-14-10-8-7-9-11-14)16(18(24)25)23-20(28)29-22(4,5)6/h7-11,15-17H,12-13H2,1-6H3,(H,23,28)(H,26,27)/t15-,16+,17?/m1/s1. The topological polar surface area (TPSA) is 95.9 Å². The van der Waals surface area contributed by atoms with Crippen molar-refractivity contribution in [2.24, 2.45) is 5.41 Å². The maximum absolute atomic E-state index is 12.9. The minimum Gasteiger partial charge on any atom is -0.480 e. The minimum absolute atomic E-state index is 0.392. The zero-order valence-corrected chi connectivity index (χ0v) is 18.1. The number of nitrogens with one attached hydrogen (secondary N) is 1. The molecule has 7 heteroatoms. The first kappa shape index (κ1) is 22.7. The van der Waals surface area contributed by atoms with E-state index >= 15 is 0 Å². The van der Waals surface area contributed by atoms with E-state index in [9.17, 15) is 19.5 Å². The first-order valence-corrected chi connectivity index (χ1v) is 9.89. The average molecular weight is 405 g/mol. The van der Waals surface area contributed by atoms with Gasteiger partial charge in [0.15, 0.2) is 0 Å². The van der Waals surface area contributed by atoms with E-state index in [-0.39, 0.29) is 0 Å². The fourth-order valence-corrected chi connectivity index (χ4v) is 3.65. The molecule has 1 unspecified atom stereocenters. The van der Waals surface area contributed by atoms with Gasteiger partial charge < -0.3 is 20.1 Å². The van der Waals surface area contributed by atoms with Gasteiger partial charge in [-0.2, -0.15) is 0 Å². The van der Waals surface area contributed by atoms with Crippen LogP contribution in [0.1, 0.15) is 53.5 Å². The van der Waals surface area contributed by atoms with Crippen LogP contribution >= 0.6 is 0 Å². The van der Waals surface area contributed by atoms with E-state index in [0.29, 0.717) is 12.8 Å². The van der Waals surface area contributed by atoms with Crippen molar-refractivity contribution < 1.29 is 24.2 Å². The Morgan fingerprint density at radius 3 is 2.21 bits per heavy atom. The van der Waals surface area contributed by atoms with E-state index in [1.54, 1.807) is 41.5 Å². The van der Waals surface area contributed by atoms with Crippen LogP contribution in [-0.4, -0.2) is 51.7 Å². The number of likely N-dealkylation sites (tertiary alicyclic amines) is 1. The Morgan fingerprint density at radius 2 is 1.72 bits per heavy atom. The van der Waals surface area contributed by atoms with Crippen molar-refractivity contribution in [2.45, 2.75) is 78.1 Å². The molecule has 3 atom stereocenters. The first-order chi connectivity index (χ1) is 13.3. The van der Waals surface area contributed by atoms with Gasteiger partial charge in [0.25, 0.3) is 0 Å². The molecule has 1 saturated heterocycles. The Kier molecular flexibility index (Phi) is 6.60. The van der Waals surface area contributed by atoms with Gasteiger partial charge in [0.2, 0.25) is 5.91 Å². The third kappa shape index (κ3) is 5.71. The highest BCUT2D eigenvalue weighted by atomic mass is 16.6. The molecule has 7 nitrogen and oxygen atoms in total. The van der Waals surface area contributed by atoms with Crippen LogP contribution in [-0.2, 0) is 20.7 Å². The summed E-state index contributed by atoms with van der Waals surface area (Å²) in [5.74, 6) is -1.44. The third-order valence-electron chi connectivity index (χ3n) is 4.84. The van der Waals surface area contributed by atoms with Crippen molar-refractivity contribution in [2.75, 3.05) is 0 Å². The molecule has 0 bridgehead atoms. The van der Waals surface area contributed by atoms with Crippen LogP contribution in [0.5, 0.6) is 0 Å². The molecule has 1 fully saturated rings. The Hall–Kier alpha value is -2.57. The normalized spacial score (nSPS) is 20.6. The lowest BCUT2D eigenvalue weighted by Gasteiger charge is -2.52. The SMILES string of the molecule is CC(C)(C)OC(=O)N[C@@H]1C(=O)N(C(C(=O)O)C(C)(C)C)[C@@H]1CCc1ccccc1. The van der Waals surface area contributed by atoms with Crippen LogP contribution in [0.4, 0.5) is 4.79 Å². The molecular formula is C22H32N2O5. The molecule has 1 aromatic rings. The lowest BCUT2D eigenvalue weighted by Crippen LogP contribution is -2.75. The summed E-state index contributed by atoms with van der Waals surface area (Å²) in [5.41, 5.74) is -0.250. The van der Waals surface area contributed by atoms with Crippen LogP contribution in [0.15, 0.2) is 30.3 Å². The monoisotopic (exact) mass is 404 g/mol. The number of carboxylic acid groups (broad SMARTS) is 1. The molecule has 2 amide bonds. The Labute approximate surface area is 172 Å². The van der Waals surface area contributed by atoms with E-state index in [1.807, 2.05) is 30.3 Å². The van der Waals surface area contributed by atoms with E-state index < -0.39 is 47.1 Å². The number of carbonyl (C=O) groups excluding carboxylic acids is 2. The van der Waals surface area contributed by atoms with E-state index in [0.717, 1.165) is 5.56 Å². The summed E-state index contributed by atoms with van der Waals surface area (Å²) in [5, 5.41) is 12.4. The number of alkyl carbamates (subject to hydrolysis) is 1. The molecule has 1 heterocycles. The predicted octanol–water partition coefficient (Wildman–Crippen LogP) is 3.22. The van der Waals surface area contributed by atoms with Gasteiger partial charge in [0.05, 0.1) is 6.04 Å². The summed E-state index contributed by atoms with van der Waals surface area (Å²) in [4.78, 5) is 38.4. The maximum atomic E-state index is 12.9. The zero-order valence-electron chi connectivity index (χ0n) is 18.1. The van der Waals surface area contributed by atoms with Gasteiger partial charge in [0, 0.05) is 0 Å². The lowest BCUT2D eigenvalue weighted by molar-refractivity contribution is -0.172. The van der Waals surface area contributed by atoms with Gasteiger partial charge in [-0.05, 0) is 44.6 Å². The Bertz CT molecular complexity index is 749. The third-order valence-corrected chi connectivity index (χ3v) is 4.84. The second kappa shape index (κ2) is 8.43. The number of amides is 2. The fraction of sp³-hybridized carbons (Fsp3) is 0.591. The second-order valence-corrected chi connectivity index (χ2v) is 9.57. The Balaban J connectivity index is 2.22. The molecule has 2 rings (SSSR count). The summed E-state index contributed by atoms with van der Waals surface area (Å²) < 4.78 is 5.28. The molecule has 0 spiro atoms. The number of aliphatic carboxylic acids is 1. The summed E-state index contributed by atoms with van der Waals surface area (Å²) in [6, 6.07) is 7.57. The van der Waals surface area contributed by atoms with Gasteiger partial charge in [-0.25, -0.2) is 9.59 Å². The van der Waals surface area contributed by atoms with Crippen molar-refractivity contribution in [3.8, 4) is 0 Å². The molecule has 0 radical (unpaired) electrons. The number of hydrogen-bond acceptors (Lipinski definition) is 4. The van der Waals surface area contributed by atoms with Crippen molar-refractivity contribution in [3.05, 3.63) is 35.9 Å². The number of β-lactam (4-membered cyclic amide) rings is 1. The van der Waals surface area contributed by atoms with Gasteiger partial charge >= 0.3 is 12.1 Å². The quantitative estimate of drug-likeness (QED) is 0.710. The molecule has 160 valence electrons. The molecule has 0 aromatic heterocycles. The zero-order chi connectivity index (χ0) is 22.0. The summed E-state index contributed by atoms with van der Waals surface area (Å²) in [6.45, 7) is 10.6. The van der Waals surface area contributed by atoms with Crippen LogP contribution < -0.4 is 5.32 Å². The average Bonchev–Trinajstić information content (AvgIpc) is 2.57. The predicted molar refractivity (Wildman–Crippen MR) is 109 cm³/mol. The molecule has 1 aliphatic rings. The van der Waals surface area contributed by atoms with Gasteiger partial charge in [0.1, 0.15) is 17.7 Å². The van der Waals surface area contributed by atoms with Crippen LogP contribution in [0.2, 0.25) is 0 Å². The molecule has 2 N–H and O–H groups in total. The maximum Gasteiger partial charge on any atom is 0.408 e. The smallest absolute Gasteiger partial charge is 0.408 e. The van der Waals surface area contributed by atoms with Gasteiger partial charge in [-0.15, -0.1) is 0 Å². The number of carbonyl (C=O) groups is 3. The van der Waals surface area contributed by atoms with Crippen molar-refractivity contribution in [1.29, 1.82) is 0 Å². The number of ether oxygens (including phenoxy) is 1. The van der Waals surface area contributed by atoms with Gasteiger partial charge in [-0.1, -0.05) is 51.1 Å². The van der Waals surface area contributed by atoms with E-state index in [1.165, 1.54) is 4.90 Å². The Morgan fingerprint density at radius 1 is 1.14 bits per heavy atom. The number of aryl methyl sites for hydroxylation is 1. The molecule has 29 heavy (non-hydrogen) atoms. The lowest BCUT2D eigenvalue weighted by atomic mass is 9.79. The highest BCUT2D eigenvalue weighted by molar-refractivity contribution is 5.95. The van der Waals surface area contributed by atoms with Crippen LogP contribution in [0.3, 0.4) is 0 Å². The number of hydrogen-bond donors (Lipinski definition) is 2. The largest absolute Gasteiger partial charge is 0.480 e. The summed E-state index contributed by atoms with van der Waals surface area (Å²) in [6.07, 6.45) is 0.525. The molecular weight excluding hydrogens is 372 g/mol. The van der Waals surface area contributed by atoms with Crippen molar-refractivity contribution >= 4 is 18.0 Å². The first-order valence-electron chi connectivity index (χ1n) is 9.89. The van der Waals surface area contributed by atoms with Gasteiger partial charge in [-0.3, -0.25) is 4.79 Å². The number of rotatable bonds is 6. The van der Waals surface area contributed by atoms with Crippen LogP contribution in [0, 0.1) is 5.41 Å². The molecule has 0 saturated carbocycles. The van der Waals surface area contributed by atoms with E-state index in [4.69, 9.17) is 4.74 Å². The highest BCUT2D eigenvalue weighted by Gasteiger charge is 2.55. The van der Waals surface area contributed by atoms with Crippen LogP contribution in [0.25, 0.3) is 0 Å². The minimum atomic E-state index is -1.05. The summed E-state index contributed by atoms with van der Waals surface area (Å²) in [7, 11) is 0. The number of nitrogens with zero attached hydrogens (tertiary/aromatic N) is 1. The molecule has 1 aromatic carbocycles. The van der Waals surface area contributed by atoms with Crippen molar-refractivity contribution in [1.82, 2.24) is 10.2 Å². The molecule has 0 aliphatic carbocycles. The highest BCUT2D eigenvalue weighted by Crippen LogP contribution is 2.35. The van der Waals surface area contributed by atoms with Crippen molar-refractivity contribution in [3.63, 3.8) is 0 Å². The second-order valence-electron chi connectivity index (χ2n) is 9.57. The number of carboxylic acids is 1. The van der Waals surface area contributed by atoms with E-state index in [2.05, 4.69) is 5.32 Å².